The second-order valence-electron chi connectivity index (χ2n) is 13.7. The number of fused-ring (bicyclic) bond motifs is 6. The van der Waals surface area contributed by atoms with E-state index in [2.05, 4.69) is 53.8 Å². The van der Waals surface area contributed by atoms with E-state index < -0.39 is 6.09 Å². The normalized spacial score (nSPS) is 12.8. The van der Waals surface area contributed by atoms with E-state index in [4.69, 9.17) is 37.9 Å². The van der Waals surface area contributed by atoms with Gasteiger partial charge in [-0.15, -0.1) is 0 Å². The molecule has 0 spiro atoms. The van der Waals surface area contributed by atoms with Crippen LogP contribution in [0.25, 0.3) is 22.3 Å². The van der Waals surface area contributed by atoms with Crippen LogP contribution in [-0.2, 0) is 37.9 Å². The predicted molar refractivity (Wildman–Crippen MR) is 216 cm³/mol. The summed E-state index contributed by atoms with van der Waals surface area (Å²) in [6, 6.07) is 33.1. The molecule has 0 heterocycles. The van der Waals surface area contributed by atoms with E-state index in [0.29, 0.717) is 99.0 Å². The van der Waals surface area contributed by atoms with Crippen LogP contribution in [-0.4, -0.2) is 130 Å². The topological polar surface area (TPSA) is 123 Å². The zero-order chi connectivity index (χ0) is 39.5. The van der Waals surface area contributed by atoms with E-state index in [-0.39, 0.29) is 24.5 Å². The molecule has 0 unspecified atom stereocenters. The number of alkyl carbamates (subject to hydrolysis) is 1. The number of benzene rings is 4. The molecule has 0 aliphatic heterocycles. The Labute approximate surface area is 335 Å². The summed E-state index contributed by atoms with van der Waals surface area (Å²) in [6.45, 7) is 6.53. The summed E-state index contributed by atoms with van der Waals surface area (Å²) in [5.74, 6) is 0.0651. The third-order valence-corrected chi connectivity index (χ3v) is 9.94. The number of rotatable bonds is 25. The number of nitrogens with one attached hydrogen (secondary N) is 1. The van der Waals surface area contributed by atoms with Crippen LogP contribution >= 0.6 is 0 Å². The van der Waals surface area contributed by atoms with Crippen LogP contribution in [0.3, 0.4) is 0 Å². The number of likely N-dealkylation sites (N-methyl/N-ethyl adjacent to an activating group) is 1. The zero-order valence-electron chi connectivity index (χ0n) is 32.7. The molecule has 1 N–H and O–H groups in total. The molecular weight excluding hydrogens is 728 g/mol. The van der Waals surface area contributed by atoms with Crippen LogP contribution in [0.1, 0.15) is 34.1 Å². The van der Waals surface area contributed by atoms with Gasteiger partial charge in [0, 0.05) is 32.0 Å². The molecule has 304 valence electrons. The molecule has 4 aromatic rings. The summed E-state index contributed by atoms with van der Waals surface area (Å²) < 4.78 is 44.5. The minimum Gasteiger partial charge on any atom is -0.449 e. The third kappa shape index (κ3) is 12.1. The van der Waals surface area contributed by atoms with Gasteiger partial charge in [-0.3, -0.25) is 0 Å². The Morgan fingerprint density at radius 3 is 1.21 bits per heavy atom. The van der Waals surface area contributed by atoms with Crippen molar-refractivity contribution in [3.63, 3.8) is 0 Å². The average molecular weight is 783 g/mol. The van der Waals surface area contributed by atoms with Crippen molar-refractivity contribution in [2.24, 2.45) is 0 Å². The quantitative estimate of drug-likeness (QED) is 0.0746. The van der Waals surface area contributed by atoms with Gasteiger partial charge in [-0.1, -0.05) is 97.1 Å². The number of carbonyl (C=O) groups excluding carboxylic acids is 2. The highest BCUT2D eigenvalue weighted by atomic mass is 16.6. The summed E-state index contributed by atoms with van der Waals surface area (Å²) in [6.07, 6.45) is -0.826. The molecule has 12 heteroatoms. The highest BCUT2D eigenvalue weighted by molar-refractivity contribution is 5.80. The Kier molecular flexibility index (Phi) is 16.7. The molecular formula is C45H54N2O10. The summed E-state index contributed by atoms with van der Waals surface area (Å²) >= 11 is 0. The highest BCUT2D eigenvalue weighted by Gasteiger charge is 2.30. The lowest BCUT2D eigenvalue weighted by Crippen LogP contribution is -2.32. The lowest BCUT2D eigenvalue weighted by molar-refractivity contribution is -0.0171. The summed E-state index contributed by atoms with van der Waals surface area (Å²) in [5, 5.41) is 2.74. The van der Waals surface area contributed by atoms with Crippen molar-refractivity contribution in [2.75, 3.05) is 113 Å². The van der Waals surface area contributed by atoms with Crippen LogP contribution in [0, 0.1) is 0 Å². The van der Waals surface area contributed by atoms with E-state index >= 15 is 0 Å². The Balaban J connectivity index is 0.668. The first kappa shape index (κ1) is 41.8. The van der Waals surface area contributed by atoms with Crippen molar-refractivity contribution < 1.29 is 47.5 Å². The fourth-order valence-corrected chi connectivity index (χ4v) is 7.07. The van der Waals surface area contributed by atoms with Gasteiger partial charge in [0.1, 0.15) is 13.2 Å². The van der Waals surface area contributed by atoms with Crippen LogP contribution in [0.4, 0.5) is 9.59 Å². The van der Waals surface area contributed by atoms with Gasteiger partial charge < -0.3 is 48.1 Å². The molecule has 0 radical (unpaired) electrons. The van der Waals surface area contributed by atoms with Gasteiger partial charge in [-0.2, -0.15) is 0 Å². The smallest absolute Gasteiger partial charge is 0.409 e. The summed E-state index contributed by atoms with van der Waals surface area (Å²) in [5.41, 5.74) is 9.54. The van der Waals surface area contributed by atoms with Gasteiger partial charge in [-0.05, 0) is 44.5 Å². The largest absolute Gasteiger partial charge is 0.449 e. The standard InChI is InChI=1S/C45H54N2O10/c1-47(45(49)57-33-43-40-16-8-4-12-36(40)37-13-5-9-17-41(37)43)19-21-51-23-25-53-27-29-55-31-30-54-28-26-52-24-22-50-20-18-46-44(48)56-32-42-38-14-6-2-10-34(38)35-11-3-7-15-39(35)42/h2-17,42-43H,18-33H2,1H3,(H,46,48). The van der Waals surface area contributed by atoms with Gasteiger partial charge in [0.2, 0.25) is 0 Å². The molecule has 57 heavy (non-hydrogen) atoms. The molecule has 12 nitrogen and oxygen atoms in total. The molecule has 0 fully saturated rings. The third-order valence-electron chi connectivity index (χ3n) is 9.94. The molecule has 4 aromatic carbocycles. The number of amides is 2. The van der Waals surface area contributed by atoms with Gasteiger partial charge in [-0.25, -0.2) is 9.59 Å². The van der Waals surface area contributed by atoms with Crippen molar-refractivity contribution in [1.29, 1.82) is 0 Å². The fraction of sp³-hybridized carbons (Fsp3) is 0.422. The Bertz CT molecular complexity index is 1760. The van der Waals surface area contributed by atoms with Crippen molar-refractivity contribution >= 4 is 12.2 Å². The Hall–Kier alpha value is -4.82. The van der Waals surface area contributed by atoms with Crippen molar-refractivity contribution in [3.8, 4) is 22.3 Å². The van der Waals surface area contributed by atoms with Crippen LogP contribution < -0.4 is 5.32 Å². The van der Waals surface area contributed by atoms with Crippen molar-refractivity contribution in [1.82, 2.24) is 10.2 Å². The van der Waals surface area contributed by atoms with Crippen molar-refractivity contribution in [2.45, 2.75) is 11.8 Å². The number of ether oxygens (including phenoxy) is 8. The summed E-state index contributed by atoms with van der Waals surface area (Å²) in [4.78, 5) is 26.4. The first-order chi connectivity index (χ1) is 28.1. The maximum absolute atomic E-state index is 12.6. The molecule has 0 saturated heterocycles. The lowest BCUT2D eigenvalue weighted by Gasteiger charge is -2.19. The molecule has 0 atom stereocenters. The minimum absolute atomic E-state index is 0.0317. The lowest BCUT2D eigenvalue weighted by atomic mass is 9.98. The first-order valence-electron chi connectivity index (χ1n) is 19.7. The molecule has 0 saturated carbocycles. The maximum Gasteiger partial charge on any atom is 0.409 e. The predicted octanol–water partition coefficient (Wildman–Crippen LogP) is 6.51. The van der Waals surface area contributed by atoms with Crippen molar-refractivity contribution in [3.05, 3.63) is 119 Å². The maximum atomic E-state index is 12.6. The van der Waals surface area contributed by atoms with E-state index in [1.807, 2.05) is 48.5 Å². The van der Waals surface area contributed by atoms with E-state index in [0.717, 1.165) is 0 Å². The molecule has 0 aromatic heterocycles. The Morgan fingerprint density at radius 1 is 0.474 bits per heavy atom. The monoisotopic (exact) mass is 782 g/mol. The van der Waals surface area contributed by atoms with Gasteiger partial charge in [0.25, 0.3) is 0 Å². The van der Waals surface area contributed by atoms with Crippen LogP contribution in [0.5, 0.6) is 0 Å². The number of hydrogen-bond acceptors (Lipinski definition) is 10. The second-order valence-corrected chi connectivity index (χ2v) is 13.7. The number of carbonyl (C=O) groups is 2. The molecule has 6 rings (SSSR count). The van der Waals surface area contributed by atoms with E-state index in [9.17, 15) is 9.59 Å². The number of hydrogen-bond donors (Lipinski definition) is 1. The van der Waals surface area contributed by atoms with E-state index in [1.54, 1.807) is 7.05 Å². The molecule has 2 aliphatic rings. The van der Waals surface area contributed by atoms with Crippen LogP contribution in [0.2, 0.25) is 0 Å². The first-order valence-corrected chi connectivity index (χ1v) is 19.7. The Morgan fingerprint density at radius 2 is 0.807 bits per heavy atom. The second kappa shape index (κ2) is 22.8. The fourth-order valence-electron chi connectivity index (χ4n) is 7.07. The van der Waals surface area contributed by atoms with Gasteiger partial charge in [0.15, 0.2) is 0 Å². The molecule has 2 aliphatic carbocycles. The zero-order valence-corrected chi connectivity index (χ0v) is 32.7. The van der Waals surface area contributed by atoms with Gasteiger partial charge >= 0.3 is 12.2 Å². The van der Waals surface area contributed by atoms with Crippen LogP contribution in [0.15, 0.2) is 97.1 Å². The SMILES string of the molecule is CN(CCOCCOCCOCCOCCOCCOCCNC(=O)OCC1c2ccccc2-c2ccccc21)C(=O)OCC1c2ccccc2-c2ccccc21. The number of nitrogens with zero attached hydrogens (tertiary/aromatic N) is 1. The summed E-state index contributed by atoms with van der Waals surface area (Å²) in [7, 11) is 1.71. The minimum atomic E-state index is -0.457. The average Bonchev–Trinajstić information content (AvgIpc) is 3.74. The van der Waals surface area contributed by atoms with E-state index in [1.165, 1.54) is 49.4 Å². The molecule has 0 bridgehead atoms. The highest BCUT2D eigenvalue weighted by Crippen LogP contribution is 2.45. The van der Waals surface area contributed by atoms with Gasteiger partial charge in [0.05, 0.1) is 79.3 Å². The molecule has 2 amide bonds.